The van der Waals surface area contributed by atoms with E-state index in [1.54, 1.807) is 81.2 Å². The first kappa shape index (κ1) is 117. The third-order valence-corrected chi connectivity index (χ3v) is 56.8. The van der Waals surface area contributed by atoms with Crippen LogP contribution < -0.4 is 2.89 Å². The fourth-order valence-electron chi connectivity index (χ4n) is 26.2. The molecular formula is C133H192Br2O4S3Sn. The van der Waals surface area contributed by atoms with E-state index in [9.17, 15) is 9.59 Å². The SMILES string of the molecule is CCCCCCCCC1(CCCCCCCC)c2cc(-c3ccc(C=O)s3)ccc2-c2cc3c(cc21)-c1ccc(-c2ccc(C=O)s2)cc1C3(CCCCCCCC)CCCCCCCC.CCCCCCCCC1(CCCCCCCC)c2cc(Br)ccc2-c2cc3c(cc21)-c1ccc(Br)cc1C3(CCCCCCCC)CCCCCCCC.CCC[CH2][Sn]([CH2]CCC)([CH2]CCC)[c]1ccc(C2OCCO2)s1. The van der Waals surface area contributed by atoms with Gasteiger partial charge in [-0.1, -0.05) is 432 Å². The maximum absolute atomic E-state index is 11.9. The van der Waals surface area contributed by atoms with Crippen LogP contribution >= 0.6 is 65.9 Å². The number of carbonyl (C=O) groups is 2. The van der Waals surface area contributed by atoms with Crippen molar-refractivity contribution < 1.29 is 19.1 Å². The number of rotatable bonds is 71. The number of fused-ring (bicyclic) bond motifs is 12. The molecule has 0 atom stereocenters. The van der Waals surface area contributed by atoms with Crippen LogP contribution in [0, 0.1) is 0 Å². The van der Waals surface area contributed by atoms with E-state index in [0.717, 1.165) is 35.5 Å². The number of thiophene rings is 3. The van der Waals surface area contributed by atoms with Crippen LogP contribution in [0.25, 0.3) is 65.4 Å². The van der Waals surface area contributed by atoms with Crippen LogP contribution in [-0.4, -0.2) is 44.2 Å². The molecule has 0 radical (unpaired) electrons. The maximum atomic E-state index is 11.9. The number of unbranched alkanes of at least 4 members (excludes halogenated alkanes) is 43. The molecule has 9 aromatic rings. The fourth-order valence-corrected chi connectivity index (χ4v) is 48.8. The van der Waals surface area contributed by atoms with Gasteiger partial charge in [-0.25, -0.2) is 0 Å². The Morgan fingerprint density at radius 3 is 0.748 bits per heavy atom. The van der Waals surface area contributed by atoms with E-state index in [0.29, 0.717) is 0 Å². The molecule has 784 valence electrons. The summed E-state index contributed by atoms with van der Waals surface area (Å²) in [4.78, 5) is 29.1. The van der Waals surface area contributed by atoms with Gasteiger partial charge in [-0.15, -0.1) is 22.7 Å². The third-order valence-electron chi connectivity index (χ3n) is 34.3. The number of benzene rings is 6. The van der Waals surface area contributed by atoms with Crippen molar-refractivity contribution in [1.82, 2.24) is 0 Å². The molecule has 5 aliphatic rings. The van der Waals surface area contributed by atoms with Crippen molar-refractivity contribution in [2.45, 2.75) is 516 Å². The second-order valence-electron chi connectivity index (χ2n) is 44.8. The van der Waals surface area contributed by atoms with Crippen LogP contribution in [0.15, 0.2) is 142 Å². The first-order valence-electron chi connectivity index (χ1n) is 59.9. The normalized spacial score (nSPS) is 14.6. The summed E-state index contributed by atoms with van der Waals surface area (Å²) < 4.78 is 20.3. The molecule has 1 fully saturated rings. The van der Waals surface area contributed by atoms with Gasteiger partial charge in [-0.3, -0.25) is 9.59 Å². The standard InChI is InChI=1S/C62H82O2S2.C52H76Br2.C7H7O2S.3C4H9.Sn/c1-5-9-13-17-21-25-37-61(38-26-22-18-14-10-6-2)55-41-47(59-35-31-49(45-63)65-59)29-33-51(55)53-44-58-54(43-57(53)61)52-34-30-48(60-36-32-50(46-64)66-60)42-56(52)62(58,39-27-23-19-15-11-7-3)40-28-24-20-16-12-8-4;1-5-9-13-17-21-25-33-51(34-26-22-18-14-10-6-2)47-37-41(53)29-31-43(47)45-40-50-46(39-49(45)51)44-32-30-42(54)38-48(44)52(50,35-27-23-19-15-11-7-3)36-28-24-20-16-12-8-4;1-2-6(10-5-1)7-8-3-4-9-7;3*1-3-4-2;/h29-36,41-46H,5-28,37-40H2,1-4H3;29-32,37-40H,5-28,33-36H2,1-4H3;1-2,7H,3-4H2;3*1,3-4H2,2H3;. The molecular weight excluding hydrogens is 2040 g/mol. The minimum absolute atomic E-state index is 0.0535. The predicted octanol–water partition coefficient (Wildman–Crippen LogP) is 44.9. The second kappa shape index (κ2) is 62.4. The molecule has 143 heavy (non-hydrogen) atoms. The first-order valence-corrected chi connectivity index (χ1v) is 71.4. The van der Waals surface area contributed by atoms with E-state index >= 15 is 0 Å². The van der Waals surface area contributed by atoms with Gasteiger partial charge in [0.1, 0.15) is 0 Å². The van der Waals surface area contributed by atoms with Crippen molar-refractivity contribution in [3.63, 3.8) is 0 Å². The van der Waals surface area contributed by atoms with Crippen LogP contribution in [0.3, 0.4) is 0 Å². The Balaban J connectivity index is 0.000000212. The average Bonchev–Trinajstić information content (AvgIpc) is 1.52. The van der Waals surface area contributed by atoms with Crippen molar-refractivity contribution >= 4 is 99.7 Å². The zero-order valence-electron chi connectivity index (χ0n) is 91.9. The molecule has 0 N–H and O–H groups in total. The Labute approximate surface area is 906 Å². The molecule has 0 spiro atoms. The van der Waals surface area contributed by atoms with Crippen molar-refractivity contribution in [2.24, 2.45) is 0 Å². The van der Waals surface area contributed by atoms with Crippen LogP contribution in [0.4, 0.5) is 0 Å². The van der Waals surface area contributed by atoms with Gasteiger partial charge in [-0.2, -0.15) is 0 Å². The topological polar surface area (TPSA) is 52.6 Å². The Bertz CT molecular complexity index is 4860. The summed E-state index contributed by atoms with van der Waals surface area (Å²) >= 11 is 11.0. The number of carbonyl (C=O) groups excluding carboxylic acids is 2. The van der Waals surface area contributed by atoms with Crippen LogP contribution in [-0.2, 0) is 31.1 Å². The molecule has 0 saturated carbocycles. The molecule has 3 aromatic heterocycles. The number of hydrogen-bond donors (Lipinski definition) is 0. The van der Waals surface area contributed by atoms with E-state index in [-0.39, 0.29) is 27.9 Å². The molecule has 4 heterocycles. The molecule has 4 aliphatic carbocycles. The van der Waals surface area contributed by atoms with Crippen LogP contribution in [0.5, 0.6) is 0 Å². The van der Waals surface area contributed by atoms with E-state index in [2.05, 4.69) is 229 Å². The number of halogens is 2. The Kier molecular flexibility index (Phi) is 51.1. The average molecular weight is 2230 g/mol. The summed E-state index contributed by atoms with van der Waals surface area (Å²) in [6.45, 7) is 27.2. The zero-order chi connectivity index (χ0) is 101. The molecule has 0 amide bonds. The summed E-state index contributed by atoms with van der Waals surface area (Å²) in [6, 6.07) is 53.7. The van der Waals surface area contributed by atoms with Gasteiger partial charge in [0.25, 0.3) is 0 Å². The van der Waals surface area contributed by atoms with E-state index in [1.165, 1.54) is 479 Å². The second-order valence-corrected chi connectivity index (χ2v) is 64.1. The van der Waals surface area contributed by atoms with E-state index < -0.39 is 18.4 Å². The Morgan fingerprint density at radius 2 is 0.497 bits per heavy atom. The minimum atomic E-state index is -2.25. The summed E-state index contributed by atoms with van der Waals surface area (Å²) in [5.74, 6) is 0. The monoisotopic (exact) mass is 2230 g/mol. The number of aldehydes is 2. The van der Waals surface area contributed by atoms with Gasteiger partial charge in [0.15, 0.2) is 12.6 Å². The third kappa shape index (κ3) is 30.7. The summed E-state index contributed by atoms with van der Waals surface area (Å²) in [5, 5.41) is 0. The van der Waals surface area contributed by atoms with Crippen molar-refractivity contribution in [3.8, 4) is 65.4 Å². The molecule has 0 bridgehead atoms. The first-order chi connectivity index (χ1) is 70.2. The molecule has 4 nitrogen and oxygen atoms in total. The van der Waals surface area contributed by atoms with Crippen molar-refractivity contribution in [2.75, 3.05) is 13.2 Å². The van der Waals surface area contributed by atoms with Gasteiger partial charge in [0, 0.05) is 40.4 Å². The van der Waals surface area contributed by atoms with Crippen LogP contribution in [0.1, 0.15) is 549 Å². The molecule has 1 saturated heterocycles. The van der Waals surface area contributed by atoms with Gasteiger partial charge in [0.2, 0.25) is 0 Å². The van der Waals surface area contributed by atoms with Gasteiger partial charge in [-0.05, 0) is 236 Å². The molecule has 0 unspecified atom stereocenters. The van der Waals surface area contributed by atoms with Gasteiger partial charge >= 0.3 is 151 Å². The predicted molar refractivity (Wildman–Crippen MR) is 638 cm³/mol. The van der Waals surface area contributed by atoms with E-state index in [4.69, 9.17) is 9.47 Å². The number of ether oxygens (including phenoxy) is 2. The number of hydrogen-bond acceptors (Lipinski definition) is 7. The molecule has 14 rings (SSSR count). The zero-order valence-corrected chi connectivity index (χ0v) is 100. The summed E-state index contributed by atoms with van der Waals surface area (Å²) in [5.41, 5.74) is 27.4. The quantitative estimate of drug-likeness (QED) is 0.0217. The van der Waals surface area contributed by atoms with Crippen molar-refractivity contribution in [3.05, 3.63) is 202 Å². The van der Waals surface area contributed by atoms with E-state index in [1.807, 2.05) is 23.5 Å². The van der Waals surface area contributed by atoms with Gasteiger partial charge < -0.3 is 0 Å². The Hall–Kier alpha value is -4.56. The fraction of sp³-hybridized carbons (Fsp3) is 0.624. The molecule has 6 aromatic carbocycles. The molecule has 1 aliphatic heterocycles. The van der Waals surface area contributed by atoms with Crippen LogP contribution in [0.2, 0.25) is 13.3 Å². The van der Waals surface area contributed by atoms with Crippen molar-refractivity contribution in [1.29, 1.82) is 0 Å². The Morgan fingerprint density at radius 1 is 0.259 bits per heavy atom. The van der Waals surface area contributed by atoms with Gasteiger partial charge in [0.05, 0.1) is 9.75 Å². The molecule has 10 heteroatoms. The summed E-state index contributed by atoms with van der Waals surface area (Å²) in [6.07, 6.45) is 83.9. The summed E-state index contributed by atoms with van der Waals surface area (Å²) in [7, 11) is 0.